The smallest absolute Gasteiger partial charge is 0.287 e. The topological polar surface area (TPSA) is 58.4 Å². The third kappa shape index (κ3) is 3.06. The molecule has 1 aromatic carbocycles. The van der Waals surface area contributed by atoms with Crippen LogP contribution in [0.1, 0.15) is 30.3 Å². The first-order valence-electron chi connectivity index (χ1n) is 9.86. The molecule has 144 valence electrons. The summed E-state index contributed by atoms with van der Waals surface area (Å²) in [5.41, 5.74) is 2.04. The van der Waals surface area contributed by atoms with Gasteiger partial charge in [-0.2, -0.15) is 0 Å². The van der Waals surface area contributed by atoms with Gasteiger partial charge < -0.3 is 9.73 Å². The number of piperidine rings is 3. The number of amides is 1. The zero-order valence-electron chi connectivity index (χ0n) is 15.8. The number of hydrogen-bond acceptors (Lipinski definition) is 5. The Kier molecular flexibility index (Phi) is 4.53. The van der Waals surface area contributed by atoms with Crippen LogP contribution in [-0.2, 0) is 0 Å². The molecule has 3 fully saturated rings. The van der Waals surface area contributed by atoms with E-state index >= 15 is 0 Å². The minimum absolute atomic E-state index is 0.118. The Bertz CT molecular complexity index is 971. The van der Waals surface area contributed by atoms with Crippen LogP contribution in [0.2, 0.25) is 0 Å². The Morgan fingerprint density at radius 1 is 1.14 bits per heavy atom. The first kappa shape index (κ1) is 17.6. The van der Waals surface area contributed by atoms with E-state index in [4.69, 9.17) is 4.42 Å². The fraction of sp³-hybridized carbons (Fsp3) is 0.364. The molecule has 2 atom stereocenters. The summed E-state index contributed by atoms with van der Waals surface area (Å²) >= 11 is 1.45. The predicted octanol–water partition coefficient (Wildman–Crippen LogP) is 4.28. The molecule has 3 aromatic rings. The van der Waals surface area contributed by atoms with Gasteiger partial charge in [-0.3, -0.25) is 9.69 Å². The van der Waals surface area contributed by atoms with Gasteiger partial charge in [0.2, 0.25) is 0 Å². The highest BCUT2D eigenvalue weighted by Gasteiger charge is 2.40. The monoisotopic (exact) mass is 393 g/mol. The van der Waals surface area contributed by atoms with Crippen LogP contribution < -0.4 is 5.32 Å². The zero-order valence-corrected chi connectivity index (χ0v) is 16.6. The molecular weight excluding hydrogens is 370 g/mol. The van der Waals surface area contributed by atoms with Crippen LogP contribution >= 0.6 is 11.5 Å². The molecule has 0 aliphatic carbocycles. The number of carbonyl (C=O) groups excluding carboxylic acids is 1. The van der Waals surface area contributed by atoms with E-state index < -0.39 is 0 Å². The Balaban J connectivity index is 1.38. The number of hydrogen-bond donors (Lipinski definition) is 1. The van der Waals surface area contributed by atoms with Crippen molar-refractivity contribution in [3.63, 3.8) is 0 Å². The second-order valence-electron chi connectivity index (χ2n) is 7.70. The van der Waals surface area contributed by atoms with Crippen LogP contribution in [0.15, 0.2) is 53.1 Å². The van der Waals surface area contributed by atoms with Gasteiger partial charge in [0.1, 0.15) is 5.76 Å². The maximum atomic E-state index is 12.9. The highest BCUT2D eigenvalue weighted by atomic mass is 32.1. The van der Waals surface area contributed by atoms with Crippen molar-refractivity contribution in [1.29, 1.82) is 0 Å². The summed E-state index contributed by atoms with van der Waals surface area (Å²) in [7, 11) is 0. The molecule has 0 saturated carbocycles. The third-order valence-corrected chi connectivity index (χ3v) is 6.98. The summed E-state index contributed by atoms with van der Waals surface area (Å²) in [4.78, 5) is 16.4. The van der Waals surface area contributed by atoms with Gasteiger partial charge in [0.05, 0.1) is 4.88 Å². The highest BCUT2D eigenvalue weighted by molar-refractivity contribution is 7.09. The predicted molar refractivity (Wildman–Crippen MR) is 110 cm³/mol. The van der Waals surface area contributed by atoms with Crippen molar-refractivity contribution < 1.29 is 9.21 Å². The Hall–Kier alpha value is -2.44. The van der Waals surface area contributed by atoms with Gasteiger partial charge in [-0.15, -0.1) is 0 Å². The third-order valence-electron chi connectivity index (χ3n) is 6.20. The number of benzene rings is 1. The SMILES string of the molecule is CC1C(NC(=O)c2ccc(-c3ccccc3-c3ccns3)o2)C2CCN1CC2. The molecule has 0 spiro atoms. The molecule has 3 aliphatic heterocycles. The number of fused-ring (bicyclic) bond motifs is 3. The maximum Gasteiger partial charge on any atom is 0.287 e. The quantitative estimate of drug-likeness (QED) is 0.719. The molecule has 2 aromatic heterocycles. The molecule has 1 N–H and O–H groups in total. The lowest BCUT2D eigenvalue weighted by Gasteiger charge is -2.49. The summed E-state index contributed by atoms with van der Waals surface area (Å²) < 4.78 is 10.2. The van der Waals surface area contributed by atoms with Crippen molar-refractivity contribution >= 4 is 17.4 Å². The van der Waals surface area contributed by atoms with E-state index in [9.17, 15) is 4.79 Å². The molecule has 1 amide bonds. The lowest BCUT2D eigenvalue weighted by atomic mass is 9.79. The van der Waals surface area contributed by atoms with Crippen molar-refractivity contribution in [2.45, 2.75) is 31.8 Å². The average Bonchev–Trinajstić information content (AvgIpc) is 3.43. The van der Waals surface area contributed by atoms with E-state index in [1.165, 1.54) is 24.4 Å². The van der Waals surface area contributed by atoms with E-state index in [1.807, 2.05) is 30.3 Å². The fourth-order valence-electron chi connectivity index (χ4n) is 4.64. The van der Waals surface area contributed by atoms with Crippen molar-refractivity contribution in [1.82, 2.24) is 14.6 Å². The summed E-state index contributed by atoms with van der Waals surface area (Å²) in [5.74, 6) is 1.53. The number of rotatable bonds is 4. The molecule has 5 heterocycles. The molecule has 6 rings (SSSR count). The fourth-order valence-corrected chi connectivity index (χ4v) is 5.27. The van der Waals surface area contributed by atoms with Gasteiger partial charge in [0.15, 0.2) is 5.76 Å². The van der Waals surface area contributed by atoms with Crippen molar-refractivity contribution in [3.05, 3.63) is 54.4 Å². The molecule has 0 radical (unpaired) electrons. The Labute approximate surface area is 168 Å². The molecular formula is C22H23N3O2S. The Morgan fingerprint density at radius 2 is 1.93 bits per heavy atom. The normalized spacial score (nSPS) is 26.3. The largest absolute Gasteiger partial charge is 0.451 e. The number of furan rings is 1. The first-order valence-corrected chi connectivity index (χ1v) is 10.6. The molecule has 5 nitrogen and oxygen atoms in total. The first-order chi connectivity index (χ1) is 13.7. The number of nitrogens with zero attached hydrogens (tertiary/aromatic N) is 2. The molecule has 6 heteroatoms. The van der Waals surface area contributed by atoms with Crippen LogP contribution in [-0.4, -0.2) is 40.4 Å². The van der Waals surface area contributed by atoms with E-state index in [1.54, 1.807) is 12.3 Å². The van der Waals surface area contributed by atoms with Crippen molar-refractivity contribution in [2.24, 2.45) is 5.92 Å². The van der Waals surface area contributed by atoms with Gasteiger partial charge >= 0.3 is 0 Å². The van der Waals surface area contributed by atoms with Crippen LogP contribution in [0.5, 0.6) is 0 Å². The summed E-state index contributed by atoms with van der Waals surface area (Å²) in [5, 5.41) is 3.24. The van der Waals surface area contributed by atoms with Gasteiger partial charge in [-0.05, 0) is 68.5 Å². The van der Waals surface area contributed by atoms with Gasteiger partial charge in [0, 0.05) is 29.4 Å². The molecule has 2 unspecified atom stereocenters. The summed E-state index contributed by atoms with van der Waals surface area (Å²) in [6.07, 6.45) is 4.13. The van der Waals surface area contributed by atoms with E-state index in [0.717, 1.165) is 29.1 Å². The van der Waals surface area contributed by atoms with Gasteiger partial charge in [-0.1, -0.05) is 24.3 Å². The molecule has 3 saturated heterocycles. The molecule has 2 bridgehead atoms. The van der Waals surface area contributed by atoms with E-state index in [0.29, 0.717) is 23.5 Å². The van der Waals surface area contributed by atoms with E-state index in [-0.39, 0.29) is 11.9 Å². The molecule has 3 aliphatic rings. The zero-order chi connectivity index (χ0) is 19.1. The van der Waals surface area contributed by atoms with Crippen LogP contribution in [0.25, 0.3) is 21.8 Å². The molecule has 28 heavy (non-hydrogen) atoms. The lowest BCUT2D eigenvalue weighted by molar-refractivity contribution is 0.0211. The maximum absolute atomic E-state index is 12.9. The number of carbonyl (C=O) groups is 1. The van der Waals surface area contributed by atoms with Gasteiger partial charge in [0.25, 0.3) is 5.91 Å². The highest BCUT2D eigenvalue weighted by Crippen LogP contribution is 2.35. The standard InChI is InChI=1S/C22H23N3O2S/c1-14-21(15-9-12-25(14)13-10-15)24-22(26)19-7-6-18(27-19)16-4-2-3-5-17(16)20-8-11-23-28-20/h2-8,11,14-15,21H,9-10,12-13H2,1H3,(H,24,26). The minimum Gasteiger partial charge on any atom is -0.451 e. The number of aromatic nitrogens is 1. The van der Waals surface area contributed by atoms with Crippen LogP contribution in [0.3, 0.4) is 0 Å². The van der Waals surface area contributed by atoms with E-state index in [2.05, 4.69) is 27.6 Å². The average molecular weight is 394 g/mol. The van der Waals surface area contributed by atoms with Gasteiger partial charge in [-0.25, -0.2) is 4.37 Å². The summed E-state index contributed by atoms with van der Waals surface area (Å²) in [6.45, 7) is 4.52. The lowest BCUT2D eigenvalue weighted by Crippen LogP contribution is -2.62. The van der Waals surface area contributed by atoms with Crippen molar-refractivity contribution in [2.75, 3.05) is 13.1 Å². The van der Waals surface area contributed by atoms with Crippen LogP contribution in [0, 0.1) is 5.92 Å². The summed E-state index contributed by atoms with van der Waals surface area (Å²) in [6, 6.07) is 14.3. The second kappa shape index (κ2) is 7.18. The second-order valence-corrected chi connectivity index (χ2v) is 8.53. The Morgan fingerprint density at radius 3 is 2.64 bits per heavy atom. The van der Waals surface area contributed by atoms with Crippen molar-refractivity contribution in [3.8, 4) is 21.8 Å². The van der Waals surface area contributed by atoms with Crippen LogP contribution in [0.4, 0.5) is 0 Å². The minimum atomic E-state index is -0.118. The number of nitrogens with one attached hydrogen (secondary N) is 1.